The number of piperidine rings is 1. The Hall–Kier alpha value is -1.10. The van der Waals surface area contributed by atoms with Crippen molar-refractivity contribution in [2.75, 3.05) is 26.4 Å². The molecule has 0 unspecified atom stereocenters. The van der Waals surface area contributed by atoms with Crippen molar-refractivity contribution in [2.45, 2.75) is 71.1 Å². The molecule has 142 valence electrons. The second-order valence-electron chi connectivity index (χ2n) is 7.63. The minimum Gasteiger partial charge on any atom is -0.491 e. The number of benzene rings is 1. The van der Waals surface area contributed by atoms with Crippen LogP contribution < -0.4 is 4.74 Å². The Balaban J connectivity index is 1.60. The Bertz CT molecular complexity index is 478. The first-order chi connectivity index (χ1) is 12.0. The van der Waals surface area contributed by atoms with E-state index in [4.69, 9.17) is 9.47 Å². The third kappa shape index (κ3) is 6.61. The van der Waals surface area contributed by atoms with E-state index < -0.39 is 6.10 Å². The summed E-state index contributed by atoms with van der Waals surface area (Å²) in [5, 5.41) is 10.2. The highest BCUT2D eigenvalue weighted by Gasteiger charge is 2.26. The average molecular weight is 350 g/mol. The number of aliphatic hydroxyl groups is 1. The van der Waals surface area contributed by atoms with Crippen LogP contribution in [-0.2, 0) is 4.74 Å². The number of hydrogen-bond acceptors (Lipinski definition) is 4. The van der Waals surface area contributed by atoms with Crippen molar-refractivity contribution in [1.29, 1.82) is 0 Å². The van der Waals surface area contributed by atoms with E-state index in [0.717, 1.165) is 5.75 Å². The van der Waals surface area contributed by atoms with Crippen LogP contribution in [0, 0.1) is 0 Å². The topological polar surface area (TPSA) is 41.9 Å². The van der Waals surface area contributed by atoms with Gasteiger partial charge in [0.2, 0.25) is 0 Å². The summed E-state index contributed by atoms with van der Waals surface area (Å²) in [4.78, 5) is 2.41. The summed E-state index contributed by atoms with van der Waals surface area (Å²) in [6, 6.07) is 9.31. The molecular weight excluding hydrogens is 314 g/mol. The molecule has 1 heterocycles. The van der Waals surface area contributed by atoms with E-state index in [0.29, 0.717) is 44.4 Å². The van der Waals surface area contributed by atoms with Crippen molar-refractivity contribution in [2.24, 2.45) is 0 Å². The summed E-state index contributed by atoms with van der Waals surface area (Å²) in [7, 11) is 0. The van der Waals surface area contributed by atoms with Crippen molar-refractivity contribution in [3.05, 3.63) is 29.8 Å². The summed E-state index contributed by atoms with van der Waals surface area (Å²) in [6.45, 7) is 10.9. The maximum absolute atomic E-state index is 10.2. The highest BCUT2D eigenvalue weighted by molar-refractivity contribution is 5.28. The Morgan fingerprint density at radius 3 is 2.32 bits per heavy atom. The van der Waals surface area contributed by atoms with E-state index in [9.17, 15) is 5.11 Å². The molecule has 1 aliphatic heterocycles. The zero-order chi connectivity index (χ0) is 18.2. The third-order valence-corrected chi connectivity index (χ3v) is 5.15. The number of ether oxygens (including phenoxy) is 2. The van der Waals surface area contributed by atoms with Crippen LogP contribution in [-0.4, -0.2) is 54.6 Å². The van der Waals surface area contributed by atoms with Crippen LogP contribution in [0.1, 0.15) is 58.4 Å². The first-order valence-corrected chi connectivity index (χ1v) is 9.71. The summed E-state index contributed by atoms with van der Waals surface area (Å²) < 4.78 is 11.3. The van der Waals surface area contributed by atoms with Gasteiger partial charge in [-0.25, -0.2) is 0 Å². The average Bonchev–Trinajstić information content (AvgIpc) is 2.58. The van der Waals surface area contributed by atoms with Gasteiger partial charge in [-0.15, -0.1) is 0 Å². The number of likely N-dealkylation sites (tertiary alicyclic amines) is 1. The SMILES string of the molecule is CC(C)c1ccc(OCCOC[C@@H](O)CN2[C@@H](C)CCC[C@@H]2C)cc1. The summed E-state index contributed by atoms with van der Waals surface area (Å²) in [6.07, 6.45) is 3.30. The second-order valence-corrected chi connectivity index (χ2v) is 7.63. The molecule has 1 aliphatic rings. The van der Waals surface area contributed by atoms with E-state index in [-0.39, 0.29) is 0 Å². The lowest BCUT2D eigenvalue weighted by atomic mass is 9.97. The molecule has 0 spiro atoms. The van der Waals surface area contributed by atoms with Crippen molar-refractivity contribution >= 4 is 0 Å². The lowest BCUT2D eigenvalue weighted by Gasteiger charge is -2.40. The maximum Gasteiger partial charge on any atom is 0.119 e. The summed E-state index contributed by atoms with van der Waals surface area (Å²) >= 11 is 0. The normalized spacial score (nSPS) is 23.0. The first-order valence-electron chi connectivity index (χ1n) is 9.71. The zero-order valence-corrected chi connectivity index (χ0v) is 16.3. The number of β-amino-alcohol motifs (C(OH)–C–C–N with tert-alkyl or cyclic N) is 1. The fraction of sp³-hybridized carbons (Fsp3) is 0.714. The number of hydrogen-bond donors (Lipinski definition) is 1. The Morgan fingerprint density at radius 1 is 1.08 bits per heavy atom. The van der Waals surface area contributed by atoms with Gasteiger partial charge >= 0.3 is 0 Å². The second kappa shape index (κ2) is 10.1. The van der Waals surface area contributed by atoms with E-state index in [2.05, 4.69) is 44.7 Å². The molecule has 1 aromatic rings. The molecule has 25 heavy (non-hydrogen) atoms. The van der Waals surface area contributed by atoms with Gasteiger partial charge in [-0.05, 0) is 50.3 Å². The minimum absolute atomic E-state index is 0.367. The standard InChI is InChI=1S/C21H35NO3/c1-16(2)19-8-10-21(11-9-19)25-13-12-24-15-20(23)14-22-17(3)6-5-7-18(22)4/h8-11,16-18,20,23H,5-7,12-15H2,1-4H3/t17-,18-,20-/m0/s1. The predicted molar refractivity (Wildman–Crippen MR) is 102 cm³/mol. The molecule has 0 aromatic heterocycles. The predicted octanol–water partition coefficient (Wildman–Crippen LogP) is 3.83. The molecule has 4 nitrogen and oxygen atoms in total. The van der Waals surface area contributed by atoms with Crippen LogP contribution in [0.15, 0.2) is 24.3 Å². The van der Waals surface area contributed by atoms with Crippen molar-refractivity contribution in [3.63, 3.8) is 0 Å². The lowest BCUT2D eigenvalue weighted by molar-refractivity contribution is -0.0141. The van der Waals surface area contributed by atoms with Crippen LogP contribution >= 0.6 is 0 Å². The van der Waals surface area contributed by atoms with E-state index in [1.807, 2.05) is 12.1 Å². The Kier molecular flexibility index (Phi) is 8.20. The van der Waals surface area contributed by atoms with Crippen LogP contribution in [0.25, 0.3) is 0 Å². The van der Waals surface area contributed by atoms with E-state index in [1.54, 1.807) is 0 Å². The molecule has 1 aromatic carbocycles. The fourth-order valence-corrected chi connectivity index (χ4v) is 3.52. The summed E-state index contributed by atoms with van der Waals surface area (Å²) in [5.41, 5.74) is 1.31. The molecular formula is C21H35NO3. The molecule has 0 amide bonds. The van der Waals surface area contributed by atoms with Crippen molar-refractivity contribution in [1.82, 2.24) is 4.90 Å². The van der Waals surface area contributed by atoms with E-state index >= 15 is 0 Å². The molecule has 1 fully saturated rings. The van der Waals surface area contributed by atoms with Gasteiger partial charge in [0.25, 0.3) is 0 Å². The van der Waals surface area contributed by atoms with E-state index in [1.165, 1.54) is 24.8 Å². The highest BCUT2D eigenvalue weighted by Crippen LogP contribution is 2.22. The van der Waals surface area contributed by atoms with Crippen molar-refractivity contribution in [3.8, 4) is 5.75 Å². The quantitative estimate of drug-likeness (QED) is 0.688. The minimum atomic E-state index is -0.437. The van der Waals surface area contributed by atoms with Gasteiger partial charge in [0.1, 0.15) is 12.4 Å². The number of rotatable bonds is 9. The van der Waals surface area contributed by atoms with Gasteiger partial charge in [0.15, 0.2) is 0 Å². The molecule has 3 atom stereocenters. The van der Waals surface area contributed by atoms with Gasteiger partial charge in [-0.3, -0.25) is 4.90 Å². The largest absolute Gasteiger partial charge is 0.491 e. The van der Waals surface area contributed by atoms with Gasteiger partial charge in [0, 0.05) is 18.6 Å². The molecule has 0 saturated carbocycles. The number of aliphatic hydroxyl groups excluding tert-OH is 1. The molecule has 2 rings (SSSR count). The smallest absolute Gasteiger partial charge is 0.119 e. The van der Waals surface area contributed by atoms with Crippen LogP contribution in [0.3, 0.4) is 0 Å². The van der Waals surface area contributed by atoms with Gasteiger partial charge in [-0.2, -0.15) is 0 Å². The van der Waals surface area contributed by atoms with Gasteiger partial charge in [-0.1, -0.05) is 32.4 Å². The third-order valence-electron chi connectivity index (χ3n) is 5.15. The molecule has 1 saturated heterocycles. The van der Waals surface area contributed by atoms with Crippen LogP contribution in [0.4, 0.5) is 0 Å². The fourth-order valence-electron chi connectivity index (χ4n) is 3.52. The monoisotopic (exact) mass is 349 g/mol. The zero-order valence-electron chi connectivity index (χ0n) is 16.3. The summed E-state index contributed by atoms with van der Waals surface area (Å²) in [5.74, 6) is 1.40. The number of nitrogens with zero attached hydrogens (tertiary/aromatic N) is 1. The van der Waals surface area contributed by atoms with Gasteiger partial charge < -0.3 is 14.6 Å². The molecule has 0 bridgehead atoms. The first kappa shape index (κ1) is 20.2. The van der Waals surface area contributed by atoms with Crippen LogP contribution in [0.2, 0.25) is 0 Å². The Morgan fingerprint density at radius 2 is 1.72 bits per heavy atom. The highest BCUT2D eigenvalue weighted by atomic mass is 16.5. The maximum atomic E-state index is 10.2. The Labute approximate surface area is 153 Å². The van der Waals surface area contributed by atoms with Gasteiger partial charge in [0.05, 0.1) is 19.3 Å². The molecule has 1 N–H and O–H groups in total. The molecule has 0 radical (unpaired) electrons. The molecule has 4 heteroatoms. The lowest BCUT2D eigenvalue weighted by Crippen LogP contribution is -2.48. The van der Waals surface area contributed by atoms with Crippen molar-refractivity contribution < 1.29 is 14.6 Å². The van der Waals surface area contributed by atoms with Crippen LogP contribution in [0.5, 0.6) is 5.75 Å². The molecule has 0 aliphatic carbocycles.